The van der Waals surface area contributed by atoms with Gasteiger partial charge in [-0.05, 0) is 23.6 Å². The van der Waals surface area contributed by atoms with Crippen molar-refractivity contribution in [3.05, 3.63) is 66.2 Å². The van der Waals surface area contributed by atoms with Crippen LogP contribution in [0.25, 0.3) is 10.8 Å². The molecule has 1 N–H and O–H groups in total. The molecule has 1 aliphatic heterocycles. The molecule has 150 valence electrons. The zero-order valence-corrected chi connectivity index (χ0v) is 15.8. The average molecular weight is 418 g/mol. The maximum atomic E-state index is 12.9. The number of sulfonamides is 1. The molecule has 1 aliphatic rings. The Kier molecular flexibility index (Phi) is 4.83. The van der Waals surface area contributed by atoms with Crippen LogP contribution < -0.4 is 14.4 Å². The third-order valence-electron chi connectivity index (χ3n) is 4.63. The maximum Gasteiger partial charge on any atom is 0.387 e. The Morgan fingerprint density at radius 3 is 2.52 bits per heavy atom. The number of amides is 1. The summed E-state index contributed by atoms with van der Waals surface area (Å²) in [5.74, 6) is -0.612. The van der Waals surface area contributed by atoms with Gasteiger partial charge in [0.1, 0.15) is 12.3 Å². The van der Waals surface area contributed by atoms with E-state index in [1.165, 1.54) is 18.2 Å². The van der Waals surface area contributed by atoms with E-state index >= 15 is 0 Å². The standard InChI is InChI=1S/C20H16F2N2O4S/c21-20(22)28-16-9-2-1-5-14(16)11-23-18(25)12-24-15-8-3-6-13-7-4-10-17(19(13)15)29(24,26)27/h1-10,20H,11-12H2,(H,23,25). The molecule has 0 saturated heterocycles. The van der Waals surface area contributed by atoms with Gasteiger partial charge in [-0.25, -0.2) is 8.42 Å². The first-order valence-corrected chi connectivity index (χ1v) is 10.2. The van der Waals surface area contributed by atoms with Crippen LogP contribution >= 0.6 is 0 Å². The van der Waals surface area contributed by atoms with E-state index in [1.54, 1.807) is 42.5 Å². The highest BCUT2D eigenvalue weighted by Crippen LogP contribution is 2.41. The lowest BCUT2D eigenvalue weighted by Crippen LogP contribution is -2.38. The van der Waals surface area contributed by atoms with E-state index in [1.807, 2.05) is 0 Å². The van der Waals surface area contributed by atoms with Crippen LogP contribution in [-0.4, -0.2) is 27.5 Å². The lowest BCUT2D eigenvalue weighted by molar-refractivity contribution is -0.119. The number of halogens is 2. The van der Waals surface area contributed by atoms with Crippen molar-refractivity contribution in [1.29, 1.82) is 0 Å². The predicted molar refractivity (Wildman–Crippen MR) is 103 cm³/mol. The van der Waals surface area contributed by atoms with Gasteiger partial charge in [0.25, 0.3) is 10.0 Å². The van der Waals surface area contributed by atoms with Crippen LogP contribution in [0.15, 0.2) is 65.6 Å². The van der Waals surface area contributed by atoms with Crippen molar-refractivity contribution in [1.82, 2.24) is 5.32 Å². The first-order chi connectivity index (χ1) is 13.9. The molecule has 1 heterocycles. The van der Waals surface area contributed by atoms with Crippen LogP contribution in [0.2, 0.25) is 0 Å². The zero-order chi connectivity index (χ0) is 20.6. The number of anilines is 1. The van der Waals surface area contributed by atoms with Crippen LogP contribution in [0, 0.1) is 0 Å². The highest BCUT2D eigenvalue weighted by Gasteiger charge is 2.36. The van der Waals surface area contributed by atoms with E-state index in [4.69, 9.17) is 0 Å². The van der Waals surface area contributed by atoms with Gasteiger partial charge < -0.3 is 10.1 Å². The van der Waals surface area contributed by atoms with Gasteiger partial charge in [-0.1, -0.05) is 42.5 Å². The van der Waals surface area contributed by atoms with Gasteiger partial charge in [-0.3, -0.25) is 9.10 Å². The minimum atomic E-state index is -3.85. The number of ether oxygens (including phenoxy) is 1. The number of benzene rings is 3. The molecule has 0 aliphatic carbocycles. The van der Waals surface area contributed by atoms with Gasteiger partial charge in [-0.15, -0.1) is 0 Å². The second-order valence-corrected chi connectivity index (χ2v) is 8.24. The summed E-state index contributed by atoms with van der Waals surface area (Å²) in [6.45, 7) is -3.48. The maximum absolute atomic E-state index is 12.9. The van der Waals surface area contributed by atoms with Crippen molar-refractivity contribution in [2.24, 2.45) is 0 Å². The zero-order valence-electron chi connectivity index (χ0n) is 15.0. The topological polar surface area (TPSA) is 75.7 Å². The number of carbonyl (C=O) groups is 1. The summed E-state index contributed by atoms with van der Waals surface area (Å²) in [5, 5.41) is 3.92. The van der Waals surface area contributed by atoms with E-state index in [-0.39, 0.29) is 17.2 Å². The molecule has 29 heavy (non-hydrogen) atoms. The van der Waals surface area contributed by atoms with Gasteiger partial charge in [0.2, 0.25) is 5.91 Å². The fourth-order valence-electron chi connectivity index (χ4n) is 3.37. The van der Waals surface area contributed by atoms with Crippen LogP contribution in [-0.2, 0) is 21.4 Å². The third-order valence-corrected chi connectivity index (χ3v) is 6.44. The van der Waals surface area contributed by atoms with Crippen molar-refractivity contribution in [2.75, 3.05) is 10.8 Å². The lowest BCUT2D eigenvalue weighted by atomic mass is 10.1. The van der Waals surface area contributed by atoms with E-state index in [9.17, 15) is 22.0 Å². The molecule has 9 heteroatoms. The quantitative estimate of drug-likeness (QED) is 0.667. The van der Waals surface area contributed by atoms with Crippen molar-refractivity contribution in [3.8, 4) is 5.75 Å². The molecule has 0 fully saturated rings. The van der Waals surface area contributed by atoms with E-state index in [2.05, 4.69) is 10.1 Å². The Hall–Kier alpha value is -3.20. The second kappa shape index (κ2) is 7.32. The van der Waals surface area contributed by atoms with Gasteiger partial charge in [0, 0.05) is 17.5 Å². The molecule has 0 aromatic heterocycles. The van der Waals surface area contributed by atoms with Crippen molar-refractivity contribution in [2.45, 2.75) is 18.1 Å². The van der Waals surface area contributed by atoms with Crippen molar-refractivity contribution >= 4 is 32.4 Å². The molecule has 0 saturated carbocycles. The number of rotatable bonds is 6. The van der Waals surface area contributed by atoms with Crippen LogP contribution in [0.1, 0.15) is 5.56 Å². The first-order valence-electron chi connectivity index (χ1n) is 8.72. The number of hydrogen-bond donors (Lipinski definition) is 1. The lowest BCUT2D eigenvalue weighted by Gasteiger charge is -2.18. The van der Waals surface area contributed by atoms with Crippen LogP contribution in [0.3, 0.4) is 0 Å². The summed E-state index contributed by atoms with van der Waals surface area (Å²) in [6, 6.07) is 16.2. The molecule has 0 radical (unpaired) electrons. The molecule has 4 rings (SSSR count). The van der Waals surface area contributed by atoms with Gasteiger partial charge in [0.05, 0.1) is 10.6 Å². The Balaban J connectivity index is 1.53. The summed E-state index contributed by atoms with van der Waals surface area (Å²) in [6.07, 6.45) is 0. The second-order valence-electron chi connectivity index (χ2n) is 6.41. The fourth-order valence-corrected chi connectivity index (χ4v) is 5.04. The number of hydrogen-bond acceptors (Lipinski definition) is 4. The molecular formula is C20H16F2N2O4S. The molecule has 6 nitrogen and oxygen atoms in total. The molecule has 0 atom stereocenters. The summed E-state index contributed by atoms with van der Waals surface area (Å²) in [7, 11) is -3.85. The molecule has 0 spiro atoms. The number of alkyl halides is 2. The number of nitrogens with zero attached hydrogens (tertiary/aromatic N) is 1. The Morgan fingerprint density at radius 2 is 1.76 bits per heavy atom. The summed E-state index contributed by atoms with van der Waals surface area (Å²) >= 11 is 0. The summed E-state index contributed by atoms with van der Waals surface area (Å²) in [5.41, 5.74) is 0.797. The largest absolute Gasteiger partial charge is 0.434 e. The smallest absolute Gasteiger partial charge is 0.387 e. The monoisotopic (exact) mass is 418 g/mol. The fraction of sp³-hybridized carbons (Fsp3) is 0.150. The Morgan fingerprint density at radius 1 is 1.03 bits per heavy atom. The first kappa shape index (κ1) is 19.1. The van der Waals surface area contributed by atoms with Crippen molar-refractivity contribution in [3.63, 3.8) is 0 Å². The van der Waals surface area contributed by atoms with Crippen molar-refractivity contribution < 1.29 is 26.7 Å². The van der Waals surface area contributed by atoms with Gasteiger partial charge in [0.15, 0.2) is 0 Å². The molecule has 1 amide bonds. The Bertz CT molecular complexity index is 1190. The average Bonchev–Trinajstić information content (AvgIpc) is 2.90. The predicted octanol–water partition coefficient (Wildman–Crippen LogP) is 3.27. The highest BCUT2D eigenvalue weighted by atomic mass is 32.2. The van der Waals surface area contributed by atoms with E-state index < -0.39 is 29.1 Å². The van der Waals surface area contributed by atoms with E-state index in [0.717, 1.165) is 9.69 Å². The minimum absolute atomic E-state index is 0.0474. The normalized spacial score (nSPS) is 14.4. The molecule has 0 bridgehead atoms. The van der Waals surface area contributed by atoms with E-state index in [0.29, 0.717) is 16.6 Å². The molecule has 0 unspecified atom stereocenters. The van der Waals surface area contributed by atoms with Crippen LogP contribution in [0.5, 0.6) is 5.75 Å². The third kappa shape index (κ3) is 3.49. The highest BCUT2D eigenvalue weighted by molar-refractivity contribution is 7.93. The minimum Gasteiger partial charge on any atom is -0.434 e. The molecular weight excluding hydrogens is 402 g/mol. The van der Waals surface area contributed by atoms with Gasteiger partial charge in [-0.2, -0.15) is 8.78 Å². The number of nitrogens with one attached hydrogen (secondary N) is 1. The molecule has 3 aromatic rings. The summed E-state index contributed by atoms with van der Waals surface area (Å²) in [4.78, 5) is 12.6. The summed E-state index contributed by atoms with van der Waals surface area (Å²) < 4.78 is 56.3. The number of carbonyl (C=O) groups excluding carboxylic acids is 1. The van der Waals surface area contributed by atoms with Crippen LogP contribution in [0.4, 0.5) is 14.5 Å². The van der Waals surface area contributed by atoms with Gasteiger partial charge >= 0.3 is 6.61 Å². The Labute approximate surface area is 165 Å². The SMILES string of the molecule is O=C(CN1c2cccc3cccc(c23)S1(=O)=O)NCc1ccccc1OC(F)F. The molecule has 3 aromatic carbocycles. The number of para-hydroxylation sites is 1.